The SMILES string of the molecule is CCC(OCCn1nnn(C2CCOCC2)c1=O)c1ccccc1. The van der Waals surface area contributed by atoms with Crippen molar-refractivity contribution in [3.63, 3.8) is 0 Å². The lowest BCUT2D eigenvalue weighted by Gasteiger charge is -2.20. The summed E-state index contributed by atoms with van der Waals surface area (Å²) in [6.07, 6.45) is 2.53. The number of ether oxygens (including phenoxy) is 2. The Morgan fingerprint density at radius 3 is 2.71 bits per heavy atom. The van der Waals surface area contributed by atoms with Gasteiger partial charge in [-0.15, -0.1) is 0 Å². The van der Waals surface area contributed by atoms with Crippen LogP contribution in [0.4, 0.5) is 0 Å². The predicted octanol–water partition coefficient (Wildman–Crippen LogP) is 1.96. The molecular formula is C17H24N4O3. The molecule has 1 atom stereocenters. The molecule has 7 nitrogen and oxygen atoms in total. The minimum Gasteiger partial charge on any atom is -0.381 e. The fourth-order valence-electron chi connectivity index (χ4n) is 2.98. The second kappa shape index (κ2) is 8.21. The topological polar surface area (TPSA) is 71.2 Å². The van der Waals surface area contributed by atoms with E-state index in [1.54, 1.807) is 0 Å². The van der Waals surface area contributed by atoms with Crippen LogP contribution in [0.5, 0.6) is 0 Å². The first-order valence-electron chi connectivity index (χ1n) is 8.56. The van der Waals surface area contributed by atoms with Crippen molar-refractivity contribution in [3.05, 3.63) is 46.4 Å². The van der Waals surface area contributed by atoms with E-state index in [2.05, 4.69) is 29.5 Å². The van der Waals surface area contributed by atoms with Gasteiger partial charge in [0.1, 0.15) is 0 Å². The summed E-state index contributed by atoms with van der Waals surface area (Å²) < 4.78 is 14.1. The van der Waals surface area contributed by atoms with Crippen LogP contribution in [0.3, 0.4) is 0 Å². The number of benzene rings is 1. The van der Waals surface area contributed by atoms with Gasteiger partial charge >= 0.3 is 5.69 Å². The maximum Gasteiger partial charge on any atom is 0.364 e. The first-order valence-corrected chi connectivity index (χ1v) is 8.56. The van der Waals surface area contributed by atoms with Crippen LogP contribution >= 0.6 is 0 Å². The zero-order chi connectivity index (χ0) is 16.8. The molecular weight excluding hydrogens is 308 g/mol. The molecule has 1 aromatic carbocycles. The third-order valence-corrected chi connectivity index (χ3v) is 4.36. The first kappa shape index (κ1) is 16.9. The Bertz CT molecular complexity index is 677. The summed E-state index contributed by atoms with van der Waals surface area (Å²) in [6, 6.07) is 10.2. The second-order valence-corrected chi connectivity index (χ2v) is 5.95. The first-order chi connectivity index (χ1) is 11.8. The van der Waals surface area contributed by atoms with Crippen molar-refractivity contribution in [2.45, 2.75) is 44.9 Å². The van der Waals surface area contributed by atoms with Crippen LogP contribution in [0.2, 0.25) is 0 Å². The van der Waals surface area contributed by atoms with Gasteiger partial charge in [-0.2, -0.15) is 9.36 Å². The smallest absolute Gasteiger partial charge is 0.364 e. The Labute approximate surface area is 141 Å². The number of tetrazole rings is 1. The lowest BCUT2D eigenvalue weighted by atomic mass is 10.1. The van der Waals surface area contributed by atoms with Crippen molar-refractivity contribution in [3.8, 4) is 0 Å². The van der Waals surface area contributed by atoms with Gasteiger partial charge in [0.2, 0.25) is 0 Å². The molecule has 1 unspecified atom stereocenters. The van der Waals surface area contributed by atoms with Gasteiger partial charge < -0.3 is 9.47 Å². The monoisotopic (exact) mass is 332 g/mol. The van der Waals surface area contributed by atoms with Crippen LogP contribution in [-0.2, 0) is 16.0 Å². The third kappa shape index (κ3) is 3.91. The summed E-state index contributed by atoms with van der Waals surface area (Å²) in [5, 5.41) is 8.00. The molecule has 2 aromatic rings. The molecule has 0 amide bonds. The van der Waals surface area contributed by atoms with E-state index in [0.29, 0.717) is 26.4 Å². The zero-order valence-electron chi connectivity index (χ0n) is 14.0. The Morgan fingerprint density at radius 2 is 2.00 bits per heavy atom. The van der Waals surface area contributed by atoms with Gasteiger partial charge in [-0.25, -0.2) is 4.79 Å². The van der Waals surface area contributed by atoms with Crippen molar-refractivity contribution in [2.75, 3.05) is 19.8 Å². The van der Waals surface area contributed by atoms with Crippen LogP contribution < -0.4 is 5.69 Å². The van der Waals surface area contributed by atoms with E-state index in [4.69, 9.17) is 9.47 Å². The molecule has 0 spiro atoms. The number of nitrogens with zero attached hydrogens (tertiary/aromatic N) is 4. The van der Waals surface area contributed by atoms with E-state index in [1.807, 2.05) is 18.2 Å². The highest BCUT2D eigenvalue weighted by Crippen LogP contribution is 2.20. The molecule has 1 saturated heterocycles. The largest absolute Gasteiger partial charge is 0.381 e. The molecule has 0 saturated carbocycles. The Morgan fingerprint density at radius 1 is 1.25 bits per heavy atom. The van der Waals surface area contributed by atoms with E-state index in [1.165, 1.54) is 9.36 Å². The van der Waals surface area contributed by atoms with Crippen LogP contribution in [0.25, 0.3) is 0 Å². The van der Waals surface area contributed by atoms with Crippen molar-refractivity contribution in [2.24, 2.45) is 0 Å². The van der Waals surface area contributed by atoms with Crippen LogP contribution in [0.15, 0.2) is 35.1 Å². The van der Waals surface area contributed by atoms with Gasteiger partial charge in [-0.3, -0.25) is 0 Å². The molecule has 0 radical (unpaired) electrons. The molecule has 1 aromatic heterocycles. The highest BCUT2D eigenvalue weighted by Gasteiger charge is 2.20. The summed E-state index contributed by atoms with van der Waals surface area (Å²) in [5.74, 6) is 0. The average molecular weight is 332 g/mol. The molecule has 0 aliphatic carbocycles. The lowest BCUT2D eigenvalue weighted by molar-refractivity contribution is 0.0423. The van der Waals surface area contributed by atoms with Crippen LogP contribution in [-0.4, -0.2) is 39.6 Å². The highest BCUT2D eigenvalue weighted by molar-refractivity contribution is 5.17. The summed E-state index contributed by atoms with van der Waals surface area (Å²) >= 11 is 0. The average Bonchev–Trinajstić information content (AvgIpc) is 3.01. The van der Waals surface area contributed by atoms with Crippen LogP contribution in [0.1, 0.15) is 43.9 Å². The third-order valence-electron chi connectivity index (χ3n) is 4.36. The van der Waals surface area contributed by atoms with E-state index in [0.717, 1.165) is 24.8 Å². The van der Waals surface area contributed by atoms with E-state index < -0.39 is 0 Å². The molecule has 130 valence electrons. The lowest BCUT2D eigenvalue weighted by Crippen LogP contribution is -2.32. The molecule has 3 rings (SSSR count). The minimum atomic E-state index is -0.168. The summed E-state index contributed by atoms with van der Waals surface area (Å²) in [6.45, 7) is 4.26. The molecule has 2 heterocycles. The van der Waals surface area contributed by atoms with Gasteiger partial charge in [0, 0.05) is 13.2 Å². The fourth-order valence-corrected chi connectivity index (χ4v) is 2.98. The fraction of sp³-hybridized carbons (Fsp3) is 0.588. The van der Waals surface area contributed by atoms with E-state index in [-0.39, 0.29) is 17.8 Å². The van der Waals surface area contributed by atoms with Gasteiger partial charge in [-0.1, -0.05) is 37.3 Å². The van der Waals surface area contributed by atoms with Gasteiger partial charge in [0.25, 0.3) is 0 Å². The van der Waals surface area contributed by atoms with Crippen molar-refractivity contribution in [1.29, 1.82) is 0 Å². The summed E-state index contributed by atoms with van der Waals surface area (Å²) in [5.41, 5.74) is 0.983. The normalized spacial score (nSPS) is 17.0. The molecule has 7 heteroatoms. The number of aromatic nitrogens is 4. The summed E-state index contributed by atoms with van der Waals surface area (Å²) in [4.78, 5) is 12.4. The number of hydrogen-bond donors (Lipinski definition) is 0. The van der Waals surface area contributed by atoms with Gasteiger partial charge in [0.05, 0.1) is 25.3 Å². The minimum absolute atomic E-state index is 0.0347. The molecule has 1 fully saturated rings. The van der Waals surface area contributed by atoms with Crippen LogP contribution in [0, 0.1) is 0 Å². The maximum absolute atomic E-state index is 12.4. The standard InChI is InChI=1S/C17H24N4O3/c1-2-16(14-6-4-3-5-7-14)24-13-10-20-17(22)21(19-18-20)15-8-11-23-12-9-15/h3-7,15-16H,2,8-13H2,1H3. The highest BCUT2D eigenvalue weighted by atomic mass is 16.5. The summed E-state index contributed by atoms with van der Waals surface area (Å²) in [7, 11) is 0. The van der Waals surface area contributed by atoms with E-state index in [9.17, 15) is 4.79 Å². The van der Waals surface area contributed by atoms with Gasteiger partial charge in [0.15, 0.2) is 0 Å². The number of hydrogen-bond acceptors (Lipinski definition) is 5. The quantitative estimate of drug-likeness (QED) is 0.775. The Kier molecular flexibility index (Phi) is 5.77. The molecule has 0 N–H and O–H groups in total. The van der Waals surface area contributed by atoms with Gasteiger partial charge in [-0.05, 0) is 35.3 Å². The Hall–Kier alpha value is -1.99. The molecule has 24 heavy (non-hydrogen) atoms. The van der Waals surface area contributed by atoms with Crippen molar-refractivity contribution >= 4 is 0 Å². The second-order valence-electron chi connectivity index (χ2n) is 5.95. The predicted molar refractivity (Wildman–Crippen MR) is 88.8 cm³/mol. The van der Waals surface area contributed by atoms with Crippen molar-refractivity contribution < 1.29 is 9.47 Å². The van der Waals surface area contributed by atoms with E-state index >= 15 is 0 Å². The molecule has 1 aliphatic rings. The molecule has 0 bridgehead atoms. The Balaban J connectivity index is 1.57. The maximum atomic E-state index is 12.4. The van der Waals surface area contributed by atoms with Crippen molar-refractivity contribution in [1.82, 2.24) is 19.8 Å². The number of rotatable bonds is 7. The zero-order valence-corrected chi connectivity index (χ0v) is 14.0. The molecule has 1 aliphatic heterocycles.